The number of nitrogens with zero attached hydrogens (tertiary/aromatic N) is 4. The molecular weight excluding hydrogens is 1510 g/mol. The van der Waals surface area contributed by atoms with Gasteiger partial charge in [-0.05, 0) is 124 Å². The number of anilines is 4. The summed E-state index contributed by atoms with van der Waals surface area (Å²) in [4.78, 5) is 85.2. The van der Waals surface area contributed by atoms with Gasteiger partial charge in [0.2, 0.25) is 0 Å². The van der Waals surface area contributed by atoms with Gasteiger partial charge in [0.1, 0.15) is 0 Å². The number of rotatable bonds is 16. The van der Waals surface area contributed by atoms with Crippen LogP contribution in [0.2, 0.25) is 0 Å². The minimum atomic E-state index is -4.15. The van der Waals surface area contributed by atoms with Crippen LogP contribution in [-0.4, -0.2) is 89.4 Å². The Balaban J connectivity index is 0.000000307. The van der Waals surface area contributed by atoms with Gasteiger partial charge in [0.25, 0.3) is 0 Å². The largest absolute Gasteiger partial charge is 2.00 e. The van der Waals surface area contributed by atoms with Crippen molar-refractivity contribution < 1.29 is 108 Å². The molecule has 0 aliphatic carbocycles. The first kappa shape index (κ1) is 75.9. The third kappa shape index (κ3) is 24.0. The summed E-state index contributed by atoms with van der Waals surface area (Å²) in [6.45, 7) is 0. The summed E-state index contributed by atoms with van der Waals surface area (Å²) in [7, 11) is -19.3. The van der Waals surface area contributed by atoms with E-state index in [1.807, 2.05) is 121 Å². The maximum Gasteiger partial charge on any atom is 2.00 e. The van der Waals surface area contributed by atoms with Crippen molar-refractivity contribution in [3.63, 3.8) is 0 Å². The fraction of sp³-hybridized carbons (Fsp3) is 0.200. The van der Waals surface area contributed by atoms with Gasteiger partial charge in [0.15, 0.2) is 0 Å². The molecule has 2 fully saturated rings. The molecule has 8 aromatic carbocycles. The van der Waals surface area contributed by atoms with Crippen molar-refractivity contribution in [1.29, 1.82) is 0 Å². The van der Waals surface area contributed by atoms with Gasteiger partial charge in [-0.2, -0.15) is 0 Å². The van der Waals surface area contributed by atoms with E-state index in [0.29, 0.717) is 22.3 Å². The van der Waals surface area contributed by atoms with Gasteiger partial charge >= 0.3 is 46.9 Å². The Hall–Kier alpha value is -2.79. The molecule has 0 saturated carbocycles. The van der Waals surface area contributed by atoms with Gasteiger partial charge in [-0.15, -0.1) is 17.0 Å². The van der Waals surface area contributed by atoms with Crippen molar-refractivity contribution in [2.45, 2.75) is 24.6 Å². The average molecular weight is 1580 g/mol. The molecule has 2 saturated heterocycles. The molecule has 2 aliphatic heterocycles. The summed E-state index contributed by atoms with van der Waals surface area (Å²) in [5, 5.41) is 5.13. The van der Waals surface area contributed by atoms with Gasteiger partial charge in [-0.25, -0.2) is 0 Å². The van der Waals surface area contributed by atoms with Crippen LogP contribution >= 0.6 is 79.1 Å². The summed E-state index contributed by atoms with van der Waals surface area (Å²) in [5.41, 5.74) is 6.59. The van der Waals surface area contributed by atoms with Crippen LogP contribution in [0.3, 0.4) is 0 Å². The first-order valence-electron chi connectivity index (χ1n) is 26.8. The molecule has 16 nitrogen and oxygen atoms in total. The van der Waals surface area contributed by atoms with Crippen LogP contribution in [0.5, 0.6) is 0 Å². The smallest absolute Gasteiger partial charge is 1.00 e. The Labute approximate surface area is 561 Å². The van der Waals surface area contributed by atoms with Crippen LogP contribution in [0, 0.1) is 0 Å². The predicted molar refractivity (Wildman–Crippen MR) is 360 cm³/mol. The van der Waals surface area contributed by atoms with Gasteiger partial charge in [-0.3, -0.25) is 18.3 Å². The predicted octanol–water partition coefficient (Wildman–Crippen LogP) is 6.21. The van der Waals surface area contributed by atoms with E-state index in [-0.39, 0.29) is 92.1 Å². The van der Waals surface area contributed by atoms with Crippen LogP contribution in [0.4, 0.5) is 22.7 Å². The summed E-state index contributed by atoms with van der Waals surface area (Å²) in [6.07, 6.45) is 5.42. The SMILES string of the molecule is Br.O=P(O)(O)Cc1ccc(N2CP(c3ccccc3)CN(c3ccc(CP(=O)(O)O)cc3)CP(c3ccccc3)C2)cc1.O=P(O)(O)Cc1ccc(N2CP(c3ccccc3)CN(c3ccc(CP(=O)(O)O)cc3)CP(c3ccccc3)C2)cc1.[Br-].[Br-].[Ni+2]. The van der Waals surface area contributed by atoms with E-state index in [4.69, 9.17) is 0 Å². The molecule has 2 heterocycles. The molecular formula is C60H69Br3N4NiO12P8. The van der Waals surface area contributed by atoms with Crippen molar-refractivity contribution in [2.75, 3.05) is 69.9 Å². The van der Waals surface area contributed by atoms with E-state index in [9.17, 15) is 57.4 Å². The first-order chi connectivity index (χ1) is 40.0. The molecule has 10 rings (SSSR count). The second-order valence-corrected chi connectivity index (χ2v) is 36.0. The zero-order chi connectivity index (χ0) is 59.5. The number of halogens is 3. The topological polar surface area (TPSA) is 243 Å². The fourth-order valence-corrected chi connectivity index (χ4v) is 22.9. The van der Waals surface area contributed by atoms with E-state index < -0.39 is 62.1 Å². The second kappa shape index (κ2) is 34.9. The Morgan fingerprint density at radius 3 is 0.557 bits per heavy atom. The molecule has 8 N–H and O–H groups in total. The van der Waals surface area contributed by atoms with E-state index in [0.717, 1.165) is 73.0 Å². The summed E-state index contributed by atoms with van der Waals surface area (Å²) in [5.74, 6) is 0. The Bertz CT molecular complexity index is 3100. The first-order valence-corrected chi connectivity index (χ1v) is 40.8. The van der Waals surface area contributed by atoms with Crippen molar-refractivity contribution in [3.05, 3.63) is 241 Å². The standard InChI is InChI=1S/2C30H34N2O6P4.3BrH.Ni/c2*33-41(34,35)19-25-11-15-27(16-12-25)31-21-39(29-7-3-1-4-8-29)22-32(24-40(23-31)30-9-5-2-6-10-30)28-17-13-26(14-18-28)20-42(36,37)38;;;;/h2*1-18H,19-24H2,(H2,33,34,35)(H2,36,37,38);3*1H;/q;;;;;+2/p-2. The van der Waals surface area contributed by atoms with E-state index in [1.165, 1.54) is 21.2 Å². The van der Waals surface area contributed by atoms with E-state index in [1.54, 1.807) is 0 Å². The van der Waals surface area contributed by atoms with Crippen LogP contribution < -0.4 is 74.8 Å². The molecule has 0 radical (unpaired) electrons. The van der Waals surface area contributed by atoms with Crippen LogP contribution in [0.15, 0.2) is 218 Å². The molecule has 0 aromatic heterocycles. The fourth-order valence-electron chi connectivity index (χ4n) is 10.1. The maximum atomic E-state index is 11.5. The summed E-state index contributed by atoms with van der Waals surface area (Å²) < 4.78 is 46.2. The molecule has 472 valence electrons. The van der Waals surface area contributed by atoms with Crippen LogP contribution in [0.1, 0.15) is 22.3 Å². The maximum absolute atomic E-state index is 11.5. The number of benzene rings is 8. The van der Waals surface area contributed by atoms with Crippen molar-refractivity contribution in [2.24, 2.45) is 0 Å². The van der Waals surface area contributed by atoms with Crippen molar-refractivity contribution in [1.82, 2.24) is 0 Å². The zero-order valence-corrected chi connectivity index (χ0v) is 60.4. The molecule has 0 bridgehead atoms. The monoisotopic (exact) mass is 1580 g/mol. The van der Waals surface area contributed by atoms with Crippen molar-refractivity contribution in [3.8, 4) is 0 Å². The zero-order valence-electron chi connectivity index (χ0n) is 47.3. The summed E-state index contributed by atoms with van der Waals surface area (Å²) in [6, 6.07) is 72.3. The molecule has 2 aliphatic rings. The summed E-state index contributed by atoms with van der Waals surface area (Å²) >= 11 is 0. The van der Waals surface area contributed by atoms with E-state index >= 15 is 0 Å². The molecule has 8 aromatic rings. The quantitative estimate of drug-likeness (QED) is 0.0396. The van der Waals surface area contributed by atoms with Crippen LogP contribution in [-0.2, 0) is 59.4 Å². The average Bonchev–Trinajstić information content (AvgIpc) is 1.83. The van der Waals surface area contributed by atoms with Gasteiger partial charge in [0, 0.05) is 73.0 Å². The molecule has 0 atom stereocenters. The molecule has 88 heavy (non-hydrogen) atoms. The number of hydrogen-bond acceptors (Lipinski definition) is 8. The molecule has 0 spiro atoms. The molecule has 28 heteroatoms. The molecule has 0 unspecified atom stereocenters. The Morgan fingerprint density at radius 1 is 0.273 bits per heavy atom. The molecule has 0 amide bonds. The normalized spacial score (nSPS) is 17.5. The Morgan fingerprint density at radius 2 is 0.420 bits per heavy atom. The van der Waals surface area contributed by atoms with Gasteiger partial charge < -0.3 is 92.7 Å². The van der Waals surface area contributed by atoms with Gasteiger partial charge in [0.05, 0.1) is 24.6 Å². The third-order valence-electron chi connectivity index (χ3n) is 14.0. The third-order valence-corrected chi connectivity index (χ3v) is 26.7. The van der Waals surface area contributed by atoms with E-state index in [2.05, 4.69) is 117 Å². The minimum absolute atomic E-state index is 0. The van der Waals surface area contributed by atoms with Gasteiger partial charge in [-0.1, -0.05) is 170 Å². The Kier molecular flexibility index (Phi) is 30.1. The second-order valence-electron chi connectivity index (χ2n) is 20.7. The van der Waals surface area contributed by atoms with Crippen LogP contribution in [0.25, 0.3) is 0 Å². The number of hydrogen-bond donors (Lipinski definition) is 8. The van der Waals surface area contributed by atoms with Crippen molar-refractivity contribution >= 4 is 123 Å². The minimum Gasteiger partial charge on any atom is -1.00 e.